The summed E-state index contributed by atoms with van der Waals surface area (Å²) in [6.07, 6.45) is 19.9. The van der Waals surface area contributed by atoms with Gasteiger partial charge < -0.3 is 41.7 Å². The molecule has 2 aromatic heterocycles. The van der Waals surface area contributed by atoms with Crippen molar-refractivity contribution in [3.8, 4) is 33.4 Å². The molecule has 0 unspecified atom stereocenters. The minimum absolute atomic E-state index is 0.0264. The van der Waals surface area contributed by atoms with E-state index in [1.807, 2.05) is 46.2 Å². The molecule has 6 atom stereocenters. The highest BCUT2D eigenvalue weighted by molar-refractivity contribution is 5.96. The van der Waals surface area contributed by atoms with Gasteiger partial charge in [-0.2, -0.15) is 0 Å². The zero-order valence-electron chi connectivity index (χ0n) is 50.9. The lowest BCUT2D eigenvalue weighted by molar-refractivity contribution is -0.139. The van der Waals surface area contributed by atoms with E-state index in [0.29, 0.717) is 46.5 Å². The van der Waals surface area contributed by atoms with Gasteiger partial charge in [0.1, 0.15) is 23.7 Å². The summed E-state index contributed by atoms with van der Waals surface area (Å²) in [6.45, 7) is 4.74. The molecular weight excluding hydrogens is 1110 g/mol. The Kier molecular flexibility index (Phi) is 20.8. The average Bonchev–Trinajstić information content (AvgIpc) is 2.14. The van der Waals surface area contributed by atoms with Crippen LogP contribution in [0.15, 0.2) is 122 Å². The van der Waals surface area contributed by atoms with Gasteiger partial charge in [-0.15, -0.1) is 0 Å². The van der Waals surface area contributed by atoms with Crippen LogP contribution in [0.25, 0.3) is 33.4 Å². The molecule has 2 saturated heterocycles. The molecule has 0 radical (unpaired) electrons. The number of hydrogen-bond donors (Lipinski definition) is 6. The Morgan fingerprint density at radius 1 is 0.477 bits per heavy atom. The van der Waals surface area contributed by atoms with Crippen molar-refractivity contribution >= 4 is 35.4 Å². The summed E-state index contributed by atoms with van der Waals surface area (Å²) >= 11 is 0. The summed E-state index contributed by atoms with van der Waals surface area (Å²) in [6, 6.07) is 24.4. The highest BCUT2D eigenvalue weighted by atomic mass is 19.1. The van der Waals surface area contributed by atoms with E-state index in [2.05, 4.69) is 41.9 Å². The highest BCUT2D eigenvalue weighted by Crippen LogP contribution is 2.39. The molecule has 6 amide bonds. The summed E-state index contributed by atoms with van der Waals surface area (Å²) in [7, 11) is 3.45. The third kappa shape index (κ3) is 14.8. The summed E-state index contributed by atoms with van der Waals surface area (Å²) in [5.41, 5.74) is 8.02. The molecule has 462 valence electrons. The van der Waals surface area contributed by atoms with E-state index in [1.54, 1.807) is 89.1 Å². The molecule has 2 saturated carbocycles. The topological polar surface area (TPSA) is 207 Å². The number of carbonyl (C=O) groups excluding carboxylic acids is 6. The summed E-state index contributed by atoms with van der Waals surface area (Å²) in [5, 5.41) is 18.1. The van der Waals surface area contributed by atoms with E-state index in [4.69, 9.17) is 0 Å². The molecule has 4 aromatic carbocycles. The molecule has 18 heteroatoms. The summed E-state index contributed by atoms with van der Waals surface area (Å²) < 4.78 is 29.9. The maximum Gasteiger partial charge on any atom is 0.251 e. The number of pyridine rings is 2. The Labute approximate surface area is 514 Å². The third-order valence-corrected chi connectivity index (χ3v) is 18.6. The van der Waals surface area contributed by atoms with E-state index in [1.165, 1.54) is 24.3 Å². The lowest BCUT2D eigenvalue weighted by Crippen LogP contribution is -2.55. The van der Waals surface area contributed by atoms with Crippen LogP contribution in [0.4, 0.5) is 8.78 Å². The van der Waals surface area contributed by atoms with Crippen molar-refractivity contribution in [1.29, 1.82) is 0 Å². The molecule has 4 heterocycles. The Bertz CT molecular complexity index is 3240. The summed E-state index contributed by atoms with van der Waals surface area (Å²) in [4.78, 5) is 95.6. The fourth-order valence-electron chi connectivity index (χ4n) is 13.4. The Balaban J connectivity index is 0.758. The molecule has 0 spiro atoms. The van der Waals surface area contributed by atoms with Gasteiger partial charge in [-0.3, -0.25) is 38.7 Å². The molecule has 6 aromatic rings. The predicted octanol–water partition coefficient (Wildman–Crippen LogP) is 10.3. The number of aromatic nitrogens is 2. The lowest BCUT2D eigenvalue weighted by atomic mass is 9.83. The first-order chi connectivity index (χ1) is 42.7. The fourth-order valence-corrected chi connectivity index (χ4v) is 13.4. The minimum Gasteiger partial charge on any atom is -0.348 e. The van der Waals surface area contributed by atoms with Crippen molar-refractivity contribution in [1.82, 2.24) is 51.7 Å². The molecule has 88 heavy (non-hydrogen) atoms. The first kappa shape index (κ1) is 62.8. The van der Waals surface area contributed by atoms with Crippen LogP contribution in [0.1, 0.15) is 159 Å². The largest absolute Gasteiger partial charge is 0.348 e. The van der Waals surface area contributed by atoms with Gasteiger partial charge in [0, 0.05) is 73.2 Å². The lowest BCUT2D eigenvalue weighted by Gasteiger charge is -2.35. The number of nitrogens with one attached hydrogen (secondary N) is 6. The zero-order valence-corrected chi connectivity index (χ0v) is 50.9. The molecule has 10 rings (SSSR count). The first-order valence-electron chi connectivity index (χ1n) is 31.5. The van der Waals surface area contributed by atoms with Crippen LogP contribution in [0.3, 0.4) is 0 Å². The van der Waals surface area contributed by atoms with Crippen LogP contribution in [-0.2, 0) is 32.3 Å². The molecule has 2 aliphatic carbocycles. The third-order valence-electron chi connectivity index (χ3n) is 18.6. The second kappa shape index (κ2) is 29.2. The smallest absolute Gasteiger partial charge is 0.251 e. The van der Waals surface area contributed by atoms with Crippen LogP contribution in [0, 0.1) is 23.5 Å². The molecule has 4 aliphatic rings. The van der Waals surface area contributed by atoms with Crippen LogP contribution >= 0.6 is 0 Å². The van der Waals surface area contributed by atoms with Crippen molar-refractivity contribution in [3.63, 3.8) is 0 Å². The van der Waals surface area contributed by atoms with E-state index >= 15 is 0 Å². The van der Waals surface area contributed by atoms with Crippen LogP contribution in [0.2, 0.25) is 0 Å². The SMILES string of the molecule is CN[C@@H](C)C(=O)N[C@H](C(=O)N1CCC[C@H]1c1cncc(-c2ccc(F)cc2CNC(=O)c2ccc(-c3ccc(C(=O)NCc4cc(F)ccc4-c4cncc([C@@H]5CCCN5C(=O)[C@@H](NC(=O)[C@H](C)NC)C5CCCCC5)c4)cc3)cc2)c1)C1CCCCC1. The molecule has 6 N–H and O–H groups in total. The predicted molar refractivity (Wildman–Crippen MR) is 335 cm³/mol. The van der Waals surface area contributed by atoms with Gasteiger partial charge in [0.05, 0.1) is 24.2 Å². The van der Waals surface area contributed by atoms with Gasteiger partial charge in [-0.1, -0.05) is 74.9 Å². The summed E-state index contributed by atoms with van der Waals surface area (Å²) in [5.74, 6) is -2.06. The number of amides is 6. The molecule has 16 nitrogen and oxygen atoms in total. The van der Waals surface area contributed by atoms with E-state index in [9.17, 15) is 37.5 Å². The van der Waals surface area contributed by atoms with Crippen molar-refractivity contribution in [2.75, 3.05) is 27.2 Å². The number of likely N-dealkylation sites (N-methyl/N-ethyl adjacent to an activating group) is 2. The number of halogens is 2. The van der Waals surface area contributed by atoms with E-state index < -0.39 is 35.8 Å². The number of benzene rings is 4. The number of nitrogens with zero attached hydrogens (tertiary/aromatic N) is 4. The van der Waals surface area contributed by atoms with Gasteiger partial charge in [-0.05, 0) is 196 Å². The quantitative estimate of drug-likeness (QED) is 0.0402. The standard InChI is InChI=1S/C70H82F2N10O6/c1-43(73-3)65(83)79-63(47-13-7-5-8-14-47)69(87)81-31-11-17-61(81)55-33-51(37-75-39-55)59-29-27-57(71)35-53(59)41-77-67(85)49-23-19-45(20-24-49)46-21-25-50(26-22-46)68(86)78-42-54-36-58(72)28-30-60(54)52-34-56(40-76-38-52)62-18-12-32-82(62)70(88)64(48-15-9-6-10-16-48)80-66(84)44(2)74-4/h19-30,33-40,43-44,47-48,61-64,73-74H,5-18,31-32,41-42H2,1-4H3,(H,77,85)(H,78,86)(H,79,83)(H,80,84)/t43-,44-,61-,62-,63-,64-/m0/s1. The molecule has 4 fully saturated rings. The zero-order chi connectivity index (χ0) is 61.8. The van der Waals surface area contributed by atoms with Gasteiger partial charge in [0.15, 0.2) is 0 Å². The maximum atomic E-state index is 15.0. The van der Waals surface area contributed by atoms with Crippen molar-refractivity contribution < 1.29 is 37.5 Å². The molecule has 2 aliphatic heterocycles. The number of likely N-dealkylation sites (tertiary alicyclic amines) is 2. The maximum absolute atomic E-state index is 15.0. The van der Waals surface area contributed by atoms with Crippen LogP contribution in [-0.4, -0.2) is 107 Å². The van der Waals surface area contributed by atoms with Crippen molar-refractivity contribution in [2.45, 2.75) is 153 Å². The van der Waals surface area contributed by atoms with Crippen molar-refractivity contribution in [3.05, 3.63) is 167 Å². The molecule has 0 bridgehead atoms. The van der Waals surface area contributed by atoms with Crippen molar-refractivity contribution in [2.24, 2.45) is 11.8 Å². The van der Waals surface area contributed by atoms with E-state index in [0.717, 1.165) is 123 Å². The Morgan fingerprint density at radius 3 is 1.24 bits per heavy atom. The minimum atomic E-state index is -0.622. The van der Waals surface area contributed by atoms with Gasteiger partial charge >= 0.3 is 0 Å². The number of rotatable bonds is 21. The second-order valence-corrected chi connectivity index (χ2v) is 24.3. The number of carbonyl (C=O) groups is 6. The second-order valence-electron chi connectivity index (χ2n) is 24.3. The Hall–Kier alpha value is -8.22. The van der Waals surface area contributed by atoms with Crippen LogP contribution in [0.5, 0.6) is 0 Å². The first-order valence-corrected chi connectivity index (χ1v) is 31.5. The monoisotopic (exact) mass is 1200 g/mol. The Morgan fingerprint density at radius 2 is 0.864 bits per heavy atom. The molecular formula is C70H82F2N10O6. The highest BCUT2D eigenvalue weighted by Gasteiger charge is 2.41. The van der Waals surface area contributed by atoms with Gasteiger partial charge in [-0.25, -0.2) is 8.78 Å². The van der Waals surface area contributed by atoms with Gasteiger partial charge in [0.25, 0.3) is 11.8 Å². The van der Waals surface area contributed by atoms with Crippen LogP contribution < -0.4 is 31.9 Å². The van der Waals surface area contributed by atoms with E-state index in [-0.39, 0.29) is 72.5 Å². The number of hydrogen-bond acceptors (Lipinski definition) is 10. The fraction of sp³-hybridized carbons (Fsp3) is 0.429. The average molecular weight is 1200 g/mol. The van der Waals surface area contributed by atoms with Gasteiger partial charge in [0.2, 0.25) is 23.6 Å². The normalized spacial score (nSPS) is 18.7.